The Balaban J connectivity index is -0.000000205. The number of hydrogen-bond donors (Lipinski definition) is 3. The summed E-state index contributed by atoms with van der Waals surface area (Å²) in [4.78, 5) is 2.71. The molecule has 0 amide bonds. The molecule has 0 radical (unpaired) electrons. The fourth-order valence-electron chi connectivity index (χ4n) is 4.61. The summed E-state index contributed by atoms with van der Waals surface area (Å²) in [7, 11) is 3.95. The lowest BCUT2D eigenvalue weighted by Crippen LogP contribution is -2.43. The van der Waals surface area contributed by atoms with E-state index in [1.165, 1.54) is 61.0 Å². The zero-order valence-electron chi connectivity index (χ0n) is 34.1. The van der Waals surface area contributed by atoms with Crippen molar-refractivity contribution in [2.75, 3.05) is 40.3 Å². The second-order valence-electron chi connectivity index (χ2n) is 10.8. The fourth-order valence-corrected chi connectivity index (χ4v) is 4.61. The summed E-state index contributed by atoms with van der Waals surface area (Å²) in [6.45, 7) is 45.0. The smallest absolute Gasteiger partial charge is 0.0129 e. The number of rotatable bonds is 14. The van der Waals surface area contributed by atoms with E-state index in [1.54, 1.807) is 6.08 Å². The van der Waals surface area contributed by atoms with Crippen molar-refractivity contribution in [1.82, 2.24) is 20.9 Å². The zero-order valence-corrected chi connectivity index (χ0v) is 34.1. The summed E-state index contributed by atoms with van der Waals surface area (Å²) >= 11 is 0. The molecule has 1 saturated heterocycles. The van der Waals surface area contributed by atoms with E-state index in [0.29, 0.717) is 6.04 Å². The van der Waals surface area contributed by atoms with Crippen molar-refractivity contribution < 1.29 is 0 Å². The first-order valence-corrected chi connectivity index (χ1v) is 18.4. The molecule has 1 aliphatic heterocycles. The first-order chi connectivity index (χ1) is 23.3. The Morgan fingerprint density at radius 1 is 0.938 bits per heavy atom. The Labute approximate surface area is 302 Å². The van der Waals surface area contributed by atoms with Gasteiger partial charge in [0.15, 0.2) is 0 Å². The molecule has 2 unspecified atom stereocenters. The molecule has 0 bridgehead atoms. The molecule has 0 aromatic heterocycles. The maximum Gasteiger partial charge on any atom is 0.0129 e. The van der Waals surface area contributed by atoms with Crippen molar-refractivity contribution >= 4 is 6.08 Å². The second kappa shape index (κ2) is 44.1. The number of nitrogens with one attached hydrogen (secondary N) is 3. The van der Waals surface area contributed by atoms with Crippen LogP contribution in [0.25, 0.3) is 6.08 Å². The van der Waals surface area contributed by atoms with Crippen LogP contribution >= 0.6 is 0 Å². The van der Waals surface area contributed by atoms with Gasteiger partial charge in [0.1, 0.15) is 0 Å². The van der Waals surface area contributed by atoms with Crippen LogP contribution in [0, 0.1) is 25.7 Å². The monoisotopic (exact) mass is 667 g/mol. The van der Waals surface area contributed by atoms with E-state index in [2.05, 4.69) is 152 Å². The molecule has 1 fully saturated rings. The summed E-state index contributed by atoms with van der Waals surface area (Å²) in [6, 6.07) is 7.14. The van der Waals surface area contributed by atoms with Gasteiger partial charge in [-0.3, -0.25) is 0 Å². The number of likely N-dealkylation sites (N-methyl/N-ethyl adjacent to an activating group) is 1. The Kier molecular flexibility index (Phi) is 50.1. The van der Waals surface area contributed by atoms with Crippen LogP contribution in [0.15, 0.2) is 99.9 Å². The molecule has 2 atom stereocenters. The molecule has 1 heterocycles. The number of hydrogen-bond acceptors (Lipinski definition) is 4. The van der Waals surface area contributed by atoms with Crippen molar-refractivity contribution in [1.29, 1.82) is 0 Å². The van der Waals surface area contributed by atoms with Gasteiger partial charge < -0.3 is 20.9 Å². The molecule has 4 nitrogen and oxygen atoms in total. The highest BCUT2D eigenvalue weighted by atomic mass is 15.2. The van der Waals surface area contributed by atoms with Gasteiger partial charge >= 0.3 is 0 Å². The predicted molar refractivity (Wildman–Crippen MR) is 227 cm³/mol. The molecule has 1 aliphatic rings. The lowest BCUT2D eigenvalue weighted by Gasteiger charge is -2.39. The molecule has 0 spiro atoms. The van der Waals surface area contributed by atoms with Gasteiger partial charge in [-0.25, -0.2) is 0 Å². The number of likely N-dealkylation sites (tertiary alicyclic amines) is 1. The lowest BCUT2D eigenvalue weighted by atomic mass is 9.89. The van der Waals surface area contributed by atoms with E-state index in [0.717, 1.165) is 31.3 Å². The Hall–Kier alpha value is -2.92. The largest absolute Gasteiger partial charge is 0.368 e. The molecular weight excluding hydrogens is 585 g/mol. The normalized spacial score (nSPS) is 13.8. The van der Waals surface area contributed by atoms with Crippen molar-refractivity contribution in [3.63, 3.8) is 0 Å². The molecule has 0 aliphatic carbocycles. The third-order valence-electron chi connectivity index (χ3n) is 7.78. The van der Waals surface area contributed by atoms with Crippen LogP contribution in [0.2, 0.25) is 0 Å². The lowest BCUT2D eigenvalue weighted by molar-refractivity contribution is 0.109. The highest BCUT2D eigenvalue weighted by Crippen LogP contribution is 2.25. The third kappa shape index (κ3) is 31.7. The zero-order chi connectivity index (χ0) is 38.2. The van der Waals surface area contributed by atoms with Crippen molar-refractivity contribution in [3.05, 3.63) is 117 Å². The summed E-state index contributed by atoms with van der Waals surface area (Å²) in [5.74, 6) is 1.55. The van der Waals surface area contributed by atoms with Crippen LogP contribution in [0.1, 0.15) is 104 Å². The standard InChI is InChI=1S/C20H39N3.C12H14.C4H9N.2C2H6.2C2H4/c1-6-17(3)16-22-13-8-19-10-14-23(15-11-19)18(4)20(7-2)9-12-21-5;1-4-5-6-12-8-7-10(2)11(3)9-12;1-3-4-5-2;4*1-2/h8,13,16,18-22H,6-7,9-12,14-15H2,1-5H3;4-9H,1H2,2-3H3;3,5H,1,4H2,2H3;2*1-2H3;2*1-2H2/b13-8+,17-16+;6-5+;;;;;. The summed E-state index contributed by atoms with van der Waals surface area (Å²) < 4.78 is 0. The summed E-state index contributed by atoms with van der Waals surface area (Å²) in [5, 5.41) is 9.50. The van der Waals surface area contributed by atoms with Gasteiger partial charge in [0.05, 0.1) is 0 Å². The maximum atomic E-state index is 3.63. The van der Waals surface area contributed by atoms with Crippen LogP contribution in [-0.4, -0.2) is 51.2 Å². The maximum absolute atomic E-state index is 3.63. The molecule has 2 rings (SSSR count). The van der Waals surface area contributed by atoms with Gasteiger partial charge in [-0.1, -0.05) is 109 Å². The average Bonchev–Trinajstić information content (AvgIpc) is 3.15. The van der Waals surface area contributed by atoms with E-state index >= 15 is 0 Å². The van der Waals surface area contributed by atoms with E-state index in [1.807, 2.05) is 46.9 Å². The summed E-state index contributed by atoms with van der Waals surface area (Å²) in [5.41, 5.74) is 5.30. The van der Waals surface area contributed by atoms with Crippen LogP contribution in [-0.2, 0) is 0 Å². The second-order valence-corrected chi connectivity index (χ2v) is 10.8. The van der Waals surface area contributed by atoms with Crippen LogP contribution in [0.5, 0.6) is 0 Å². The fraction of sp³-hybridized carbons (Fsp3) is 0.545. The Bertz CT molecular complexity index is 904. The third-order valence-corrected chi connectivity index (χ3v) is 7.78. The topological polar surface area (TPSA) is 39.3 Å². The molecule has 1 aromatic carbocycles. The van der Waals surface area contributed by atoms with Gasteiger partial charge in [-0.15, -0.1) is 32.9 Å². The van der Waals surface area contributed by atoms with Gasteiger partial charge in [0.2, 0.25) is 0 Å². The molecule has 0 saturated carbocycles. The van der Waals surface area contributed by atoms with Crippen LogP contribution < -0.4 is 16.0 Å². The number of piperidine rings is 1. The van der Waals surface area contributed by atoms with E-state index in [4.69, 9.17) is 0 Å². The molecule has 4 heteroatoms. The van der Waals surface area contributed by atoms with Gasteiger partial charge in [-0.2, -0.15) is 0 Å². The van der Waals surface area contributed by atoms with Gasteiger partial charge in [0.25, 0.3) is 0 Å². The molecule has 278 valence electrons. The van der Waals surface area contributed by atoms with E-state index < -0.39 is 0 Å². The Morgan fingerprint density at radius 2 is 1.52 bits per heavy atom. The SMILES string of the molecule is C=C.C=C.C=C/C=C/c1ccc(C)c(C)c1.C=CCNC.CC.CC.CC/C(C)=C/N/C=C/C1CCN(C(C)C(CC)CCNC)CC1. The first kappa shape index (κ1) is 54.5. The number of benzene rings is 1. The Morgan fingerprint density at radius 3 is 1.94 bits per heavy atom. The number of allylic oxidation sites excluding steroid dienone is 4. The van der Waals surface area contributed by atoms with E-state index in [-0.39, 0.29) is 0 Å². The van der Waals surface area contributed by atoms with Gasteiger partial charge in [-0.05, 0) is 128 Å². The van der Waals surface area contributed by atoms with Crippen LogP contribution in [0.4, 0.5) is 0 Å². The van der Waals surface area contributed by atoms with Gasteiger partial charge in [0, 0.05) is 12.6 Å². The highest BCUT2D eigenvalue weighted by Gasteiger charge is 2.25. The quantitative estimate of drug-likeness (QED) is 0.136. The van der Waals surface area contributed by atoms with Crippen molar-refractivity contribution in [3.8, 4) is 0 Å². The number of nitrogens with zero attached hydrogens (tertiary/aromatic N) is 1. The minimum Gasteiger partial charge on any atom is -0.368 e. The van der Waals surface area contributed by atoms with Crippen LogP contribution in [0.3, 0.4) is 0 Å². The summed E-state index contributed by atoms with van der Waals surface area (Å²) in [6.07, 6.45) is 20.5. The minimum atomic E-state index is 0.714. The average molecular weight is 667 g/mol. The molecule has 48 heavy (non-hydrogen) atoms. The van der Waals surface area contributed by atoms with E-state index in [9.17, 15) is 0 Å². The van der Waals surface area contributed by atoms with Crippen molar-refractivity contribution in [2.45, 2.75) is 107 Å². The number of aryl methyl sites for hydroxylation is 2. The first-order valence-electron chi connectivity index (χ1n) is 18.4. The van der Waals surface area contributed by atoms with Crippen molar-refractivity contribution in [2.24, 2.45) is 11.8 Å². The minimum absolute atomic E-state index is 0.714. The predicted octanol–water partition coefficient (Wildman–Crippen LogP) is 11.7. The molecule has 1 aromatic rings. The highest BCUT2D eigenvalue weighted by molar-refractivity contribution is 5.52. The molecule has 3 N–H and O–H groups in total. The molecular formula is C44H82N4.